The third-order valence-corrected chi connectivity index (χ3v) is 5.81. The van der Waals surface area contributed by atoms with Crippen LogP contribution in [0.15, 0.2) is 35.2 Å². The number of benzene rings is 1. The first-order valence-electron chi connectivity index (χ1n) is 8.03. The number of hydrogen-bond acceptors (Lipinski definition) is 3. The number of carbonyl (C=O) groups excluding carboxylic acids is 1. The Morgan fingerprint density at radius 3 is 2.52 bits per heavy atom. The molecule has 0 aromatic heterocycles. The summed E-state index contributed by atoms with van der Waals surface area (Å²) >= 11 is 0. The monoisotopic (exact) mass is 338 g/mol. The number of carbonyl (C=O) groups is 1. The van der Waals surface area contributed by atoms with E-state index in [1.807, 2.05) is 0 Å². The molecule has 0 aliphatic carbocycles. The molecule has 1 fully saturated rings. The van der Waals surface area contributed by atoms with Gasteiger partial charge in [-0.3, -0.25) is 4.79 Å². The molecule has 1 atom stereocenters. The van der Waals surface area contributed by atoms with E-state index in [2.05, 4.69) is 26.1 Å². The molecular weight excluding hydrogens is 312 g/mol. The normalized spacial score (nSPS) is 20.2. The molecule has 1 aromatic carbocycles. The molecule has 23 heavy (non-hydrogen) atoms. The van der Waals surface area contributed by atoms with E-state index >= 15 is 0 Å². The lowest BCUT2D eigenvalue weighted by Crippen LogP contribution is -2.46. The third kappa shape index (κ3) is 4.78. The van der Waals surface area contributed by atoms with Crippen molar-refractivity contribution in [3.8, 4) is 0 Å². The van der Waals surface area contributed by atoms with E-state index in [4.69, 9.17) is 0 Å². The smallest absolute Gasteiger partial charge is 0.243 e. The Bertz CT molecular complexity index is 636. The van der Waals surface area contributed by atoms with E-state index in [0.717, 1.165) is 6.42 Å². The van der Waals surface area contributed by atoms with Crippen molar-refractivity contribution in [1.82, 2.24) is 9.62 Å². The topological polar surface area (TPSA) is 66.5 Å². The molecule has 1 heterocycles. The van der Waals surface area contributed by atoms with Crippen molar-refractivity contribution < 1.29 is 13.2 Å². The first kappa shape index (κ1) is 17.9. The van der Waals surface area contributed by atoms with Crippen molar-refractivity contribution in [2.75, 3.05) is 19.6 Å². The summed E-state index contributed by atoms with van der Waals surface area (Å²) in [4.78, 5) is 12.6. The Balaban J connectivity index is 2.05. The lowest BCUT2D eigenvalue weighted by Gasteiger charge is -2.32. The van der Waals surface area contributed by atoms with Crippen LogP contribution in [0.1, 0.15) is 33.6 Å². The van der Waals surface area contributed by atoms with Gasteiger partial charge in [-0.25, -0.2) is 8.42 Å². The number of rotatable bonds is 4. The molecule has 6 heteroatoms. The van der Waals surface area contributed by atoms with Gasteiger partial charge in [-0.05, 0) is 30.4 Å². The van der Waals surface area contributed by atoms with E-state index in [9.17, 15) is 13.2 Å². The van der Waals surface area contributed by atoms with E-state index in [0.29, 0.717) is 19.5 Å². The number of sulfonamides is 1. The summed E-state index contributed by atoms with van der Waals surface area (Å²) in [5, 5.41) is 2.94. The van der Waals surface area contributed by atoms with Crippen molar-refractivity contribution in [3.63, 3.8) is 0 Å². The van der Waals surface area contributed by atoms with Crippen molar-refractivity contribution >= 4 is 15.9 Å². The Labute approximate surface area is 139 Å². The Kier molecular flexibility index (Phi) is 5.47. The molecule has 1 aliphatic heterocycles. The molecule has 1 aromatic rings. The third-order valence-electron chi connectivity index (χ3n) is 3.93. The average molecular weight is 338 g/mol. The highest BCUT2D eigenvalue weighted by Gasteiger charge is 2.33. The summed E-state index contributed by atoms with van der Waals surface area (Å²) in [5.74, 6) is -0.322. The summed E-state index contributed by atoms with van der Waals surface area (Å²) in [7, 11) is -3.52. The molecule has 0 saturated carbocycles. The van der Waals surface area contributed by atoms with Crippen LogP contribution in [0.5, 0.6) is 0 Å². The first-order chi connectivity index (χ1) is 10.7. The molecule has 1 saturated heterocycles. The standard InChI is InChI=1S/C17H26N2O3S/c1-17(2,3)13-18-16(20)14-8-7-11-19(12-14)23(21,22)15-9-5-4-6-10-15/h4-6,9-10,14H,7-8,11-13H2,1-3H3,(H,18,20). The molecule has 5 nitrogen and oxygen atoms in total. The molecule has 1 aliphatic rings. The fourth-order valence-electron chi connectivity index (χ4n) is 2.61. The van der Waals surface area contributed by atoms with Gasteiger partial charge in [0.05, 0.1) is 10.8 Å². The van der Waals surface area contributed by atoms with Gasteiger partial charge in [0.2, 0.25) is 15.9 Å². The minimum atomic E-state index is -3.52. The Hall–Kier alpha value is -1.40. The molecule has 1 unspecified atom stereocenters. The fourth-order valence-corrected chi connectivity index (χ4v) is 4.16. The maximum absolute atomic E-state index is 12.7. The molecule has 1 amide bonds. The summed E-state index contributed by atoms with van der Waals surface area (Å²) < 4.78 is 26.8. The Morgan fingerprint density at radius 1 is 1.26 bits per heavy atom. The lowest BCUT2D eigenvalue weighted by atomic mass is 9.95. The van der Waals surface area contributed by atoms with Gasteiger partial charge in [0.15, 0.2) is 0 Å². The maximum Gasteiger partial charge on any atom is 0.243 e. The van der Waals surface area contributed by atoms with Crippen molar-refractivity contribution in [1.29, 1.82) is 0 Å². The number of hydrogen-bond donors (Lipinski definition) is 1. The van der Waals surface area contributed by atoms with Crippen LogP contribution in [-0.2, 0) is 14.8 Å². The molecule has 2 rings (SSSR count). The quantitative estimate of drug-likeness (QED) is 0.916. The van der Waals surface area contributed by atoms with Crippen molar-refractivity contribution in [2.45, 2.75) is 38.5 Å². The second-order valence-electron chi connectivity index (χ2n) is 7.29. The molecule has 128 valence electrons. The van der Waals surface area contributed by atoms with Crippen molar-refractivity contribution in [2.24, 2.45) is 11.3 Å². The number of nitrogens with one attached hydrogen (secondary N) is 1. The van der Waals surface area contributed by atoms with Crippen LogP contribution in [0, 0.1) is 11.3 Å². The van der Waals surface area contributed by atoms with Crippen LogP contribution < -0.4 is 5.32 Å². The molecule has 0 spiro atoms. The lowest BCUT2D eigenvalue weighted by molar-refractivity contribution is -0.126. The fraction of sp³-hybridized carbons (Fsp3) is 0.588. The van der Waals surface area contributed by atoms with Gasteiger partial charge in [-0.1, -0.05) is 39.0 Å². The predicted molar refractivity (Wildman–Crippen MR) is 90.4 cm³/mol. The summed E-state index contributed by atoms with van der Waals surface area (Å²) in [6.07, 6.45) is 1.44. The second-order valence-corrected chi connectivity index (χ2v) is 9.23. The second kappa shape index (κ2) is 7.01. The zero-order valence-electron chi connectivity index (χ0n) is 14.1. The summed E-state index contributed by atoms with van der Waals surface area (Å²) in [6.45, 7) is 7.49. The SMILES string of the molecule is CC(C)(C)CNC(=O)C1CCCN(S(=O)(=O)c2ccccc2)C1. The van der Waals surface area contributed by atoms with Crippen LogP contribution in [0.4, 0.5) is 0 Å². The number of piperidine rings is 1. The van der Waals surface area contributed by atoms with Gasteiger partial charge in [0.1, 0.15) is 0 Å². The van der Waals surface area contributed by atoms with Gasteiger partial charge >= 0.3 is 0 Å². The number of amides is 1. The largest absolute Gasteiger partial charge is 0.355 e. The molecule has 1 N–H and O–H groups in total. The van der Waals surface area contributed by atoms with Crippen LogP contribution in [0.3, 0.4) is 0 Å². The van der Waals surface area contributed by atoms with Gasteiger partial charge in [-0.15, -0.1) is 0 Å². The van der Waals surface area contributed by atoms with Gasteiger partial charge in [0, 0.05) is 19.6 Å². The Morgan fingerprint density at radius 2 is 1.91 bits per heavy atom. The van der Waals surface area contributed by atoms with Crippen LogP contribution in [0.25, 0.3) is 0 Å². The number of nitrogens with zero attached hydrogens (tertiary/aromatic N) is 1. The van der Waals surface area contributed by atoms with Crippen LogP contribution >= 0.6 is 0 Å². The summed E-state index contributed by atoms with van der Waals surface area (Å²) in [6, 6.07) is 8.41. The van der Waals surface area contributed by atoms with Crippen LogP contribution in [0.2, 0.25) is 0 Å². The van der Waals surface area contributed by atoms with Gasteiger partial charge in [0.25, 0.3) is 0 Å². The minimum Gasteiger partial charge on any atom is -0.355 e. The van der Waals surface area contributed by atoms with Gasteiger partial charge < -0.3 is 5.32 Å². The van der Waals surface area contributed by atoms with Gasteiger partial charge in [-0.2, -0.15) is 4.31 Å². The predicted octanol–water partition coefficient (Wildman–Crippen LogP) is 2.25. The highest BCUT2D eigenvalue weighted by Crippen LogP contribution is 2.24. The first-order valence-corrected chi connectivity index (χ1v) is 9.47. The highest BCUT2D eigenvalue weighted by molar-refractivity contribution is 7.89. The molecule has 0 bridgehead atoms. The molecule has 0 radical (unpaired) electrons. The van der Waals surface area contributed by atoms with E-state index in [1.165, 1.54) is 4.31 Å². The van der Waals surface area contributed by atoms with Crippen molar-refractivity contribution in [3.05, 3.63) is 30.3 Å². The van der Waals surface area contributed by atoms with E-state index in [1.54, 1.807) is 30.3 Å². The van der Waals surface area contributed by atoms with Crippen LogP contribution in [-0.4, -0.2) is 38.3 Å². The van der Waals surface area contributed by atoms with E-state index in [-0.39, 0.29) is 28.7 Å². The minimum absolute atomic E-state index is 0.0140. The van der Waals surface area contributed by atoms with E-state index < -0.39 is 10.0 Å². The maximum atomic E-state index is 12.7. The highest BCUT2D eigenvalue weighted by atomic mass is 32.2. The summed E-state index contributed by atoms with van der Waals surface area (Å²) in [5.41, 5.74) is 0.0140. The molecular formula is C17H26N2O3S. The average Bonchev–Trinajstić information content (AvgIpc) is 2.53. The zero-order chi connectivity index (χ0) is 17.1. The zero-order valence-corrected chi connectivity index (χ0v) is 14.9.